The third-order valence-electron chi connectivity index (χ3n) is 5.25. The summed E-state index contributed by atoms with van der Waals surface area (Å²) in [6, 6.07) is 14.5. The van der Waals surface area contributed by atoms with E-state index in [-0.39, 0.29) is 23.1 Å². The van der Waals surface area contributed by atoms with Gasteiger partial charge < -0.3 is 15.7 Å². The molecule has 1 aliphatic heterocycles. The summed E-state index contributed by atoms with van der Waals surface area (Å²) in [7, 11) is 0. The van der Waals surface area contributed by atoms with E-state index in [0.29, 0.717) is 17.8 Å². The van der Waals surface area contributed by atoms with Crippen molar-refractivity contribution in [3.05, 3.63) is 71.0 Å². The van der Waals surface area contributed by atoms with Crippen LogP contribution in [0.5, 0.6) is 5.75 Å². The number of hydrazone groups is 1. The van der Waals surface area contributed by atoms with Gasteiger partial charge in [0.1, 0.15) is 5.75 Å². The standard InChI is InChI=1S/C21H19N9O3/c22-19-20(27-33-26-19)30-17(12-29-9-8-14-5-1-2-7-16(14)29)18(24-28-30)21(32)25-23-11-13-4-3-6-15(31)10-13/h1-7,10-11,31H,8-9,12H2,(H2,22,26)(H,25,32). The Bertz CT molecular complexity index is 1340. The number of fused-ring (bicyclic) bond motifs is 1. The largest absolute Gasteiger partial charge is 0.508 e. The predicted octanol–water partition coefficient (Wildman–Crippen LogP) is 1.26. The highest BCUT2D eigenvalue weighted by molar-refractivity contribution is 5.94. The number of hydrogen-bond acceptors (Lipinski definition) is 10. The second-order valence-corrected chi connectivity index (χ2v) is 7.36. The highest BCUT2D eigenvalue weighted by atomic mass is 16.6. The molecule has 0 saturated heterocycles. The Morgan fingerprint density at radius 3 is 2.94 bits per heavy atom. The van der Waals surface area contributed by atoms with Crippen LogP contribution in [-0.2, 0) is 13.0 Å². The van der Waals surface area contributed by atoms with Gasteiger partial charge in [-0.15, -0.1) is 5.10 Å². The smallest absolute Gasteiger partial charge is 0.293 e. The van der Waals surface area contributed by atoms with E-state index >= 15 is 0 Å². The molecule has 2 aromatic heterocycles. The van der Waals surface area contributed by atoms with E-state index in [2.05, 4.69) is 42.1 Å². The number of aromatic nitrogens is 5. The van der Waals surface area contributed by atoms with Crippen molar-refractivity contribution >= 4 is 23.6 Å². The monoisotopic (exact) mass is 445 g/mol. The molecule has 12 nitrogen and oxygen atoms in total. The van der Waals surface area contributed by atoms with Crippen LogP contribution in [0, 0.1) is 0 Å². The van der Waals surface area contributed by atoms with Crippen molar-refractivity contribution in [1.29, 1.82) is 0 Å². The van der Waals surface area contributed by atoms with Crippen molar-refractivity contribution in [3.8, 4) is 11.6 Å². The van der Waals surface area contributed by atoms with E-state index in [4.69, 9.17) is 10.4 Å². The molecule has 0 fully saturated rings. The fraction of sp³-hybridized carbons (Fsp3) is 0.143. The summed E-state index contributed by atoms with van der Waals surface area (Å²) in [4.78, 5) is 15.0. The molecule has 0 spiro atoms. The van der Waals surface area contributed by atoms with Crippen molar-refractivity contribution in [2.24, 2.45) is 5.10 Å². The Labute approximate surface area is 187 Å². The number of nitrogens with zero attached hydrogens (tertiary/aromatic N) is 7. The SMILES string of the molecule is Nc1nonc1-n1nnc(C(=O)NN=Cc2cccc(O)c2)c1CN1CCc2ccccc21. The first-order valence-electron chi connectivity index (χ1n) is 10.1. The van der Waals surface area contributed by atoms with Crippen LogP contribution in [-0.4, -0.2) is 49.1 Å². The molecule has 1 aliphatic rings. The van der Waals surface area contributed by atoms with Crippen LogP contribution >= 0.6 is 0 Å². The third-order valence-corrected chi connectivity index (χ3v) is 5.25. The van der Waals surface area contributed by atoms with Crippen molar-refractivity contribution in [2.75, 3.05) is 17.2 Å². The van der Waals surface area contributed by atoms with Crippen molar-refractivity contribution in [1.82, 2.24) is 30.7 Å². The van der Waals surface area contributed by atoms with Gasteiger partial charge >= 0.3 is 0 Å². The van der Waals surface area contributed by atoms with Crippen molar-refractivity contribution < 1.29 is 14.5 Å². The number of nitrogens with one attached hydrogen (secondary N) is 1. The molecule has 5 rings (SSSR count). The Hall–Kier alpha value is -4.74. The lowest BCUT2D eigenvalue weighted by Crippen LogP contribution is -2.26. The number of anilines is 2. The summed E-state index contributed by atoms with van der Waals surface area (Å²) < 4.78 is 6.05. The number of nitrogen functional groups attached to an aromatic ring is 1. The first kappa shape index (κ1) is 20.2. The van der Waals surface area contributed by atoms with Crippen LogP contribution in [0.15, 0.2) is 58.3 Å². The molecule has 0 bridgehead atoms. The molecule has 0 saturated carbocycles. The van der Waals surface area contributed by atoms with Gasteiger partial charge in [0.05, 0.1) is 18.5 Å². The maximum absolute atomic E-state index is 12.9. The quantitative estimate of drug-likeness (QED) is 0.293. The summed E-state index contributed by atoms with van der Waals surface area (Å²) in [5.41, 5.74) is 11.7. The summed E-state index contributed by atoms with van der Waals surface area (Å²) in [5.74, 6) is -0.292. The van der Waals surface area contributed by atoms with Crippen LogP contribution < -0.4 is 16.1 Å². The molecule has 1 amide bonds. The topological polar surface area (TPSA) is 161 Å². The van der Waals surface area contributed by atoms with Gasteiger partial charge in [-0.1, -0.05) is 35.5 Å². The Balaban J connectivity index is 1.44. The van der Waals surface area contributed by atoms with Gasteiger partial charge in [0.25, 0.3) is 5.91 Å². The van der Waals surface area contributed by atoms with Crippen LogP contribution in [0.25, 0.3) is 5.82 Å². The average Bonchev–Trinajstić information content (AvgIpc) is 3.53. The summed E-state index contributed by atoms with van der Waals surface area (Å²) in [6.45, 7) is 1.10. The molecule has 4 N–H and O–H groups in total. The van der Waals surface area contributed by atoms with Crippen LogP contribution in [0.3, 0.4) is 0 Å². The van der Waals surface area contributed by atoms with Crippen LogP contribution in [0.4, 0.5) is 11.5 Å². The predicted molar refractivity (Wildman–Crippen MR) is 118 cm³/mol. The molecule has 166 valence electrons. The lowest BCUT2D eigenvalue weighted by molar-refractivity contribution is 0.0949. The number of hydrogen-bond donors (Lipinski definition) is 3. The first-order chi connectivity index (χ1) is 16.1. The van der Waals surface area contributed by atoms with E-state index in [1.54, 1.807) is 18.2 Å². The second kappa shape index (κ2) is 8.42. The van der Waals surface area contributed by atoms with Gasteiger partial charge in [-0.25, -0.2) is 10.1 Å². The van der Waals surface area contributed by atoms with Gasteiger partial charge in [0.15, 0.2) is 5.69 Å². The van der Waals surface area contributed by atoms with Crippen LogP contribution in [0.2, 0.25) is 0 Å². The maximum atomic E-state index is 12.9. The number of nitrogens with two attached hydrogens (primary N) is 1. The van der Waals surface area contributed by atoms with Gasteiger partial charge in [-0.05, 0) is 46.1 Å². The zero-order valence-corrected chi connectivity index (χ0v) is 17.3. The number of benzene rings is 2. The molecular weight excluding hydrogens is 426 g/mol. The molecular formula is C21H19N9O3. The molecule has 0 unspecified atom stereocenters. The molecule has 4 aromatic rings. The molecule has 0 aliphatic carbocycles. The number of para-hydroxylation sites is 1. The zero-order chi connectivity index (χ0) is 22.8. The molecule has 0 atom stereocenters. The lowest BCUT2D eigenvalue weighted by Gasteiger charge is -2.19. The minimum atomic E-state index is -0.560. The molecule has 2 aromatic carbocycles. The van der Waals surface area contributed by atoms with E-state index < -0.39 is 5.91 Å². The lowest BCUT2D eigenvalue weighted by atomic mass is 10.2. The summed E-state index contributed by atoms with van der Waals surface area (Å²) in [6.07, 6.45) is 2.30. The molecule has 12 heteroatoms. The Morgan fingerprint density at radius 2 is 2.12 bits per heavy atom. The maximum Gasteiger partial charge on any atom is 0.293 e. The zero-order valence-electron chi connectivity index (χ0n) is 17.3. The summed E-state index contributed by atoms with van der Waals surface area (Å²) in [5, 5.41) is 29.0. The van der Waals surface area contributed by atoms with E-state index in [1.165, 1.54) is 22.5 Å². The molecule has 3 heterocycles. The minimum absolute atomic E-state index is 0.0248. The number of amides is 1. The van der Waals surface area contributed by atoms with Crippen molar-refractivity contribution in [3.63, 3.8) is 0 Å². The fourth-order valence-electron chi connectivity index (χ4n) is 3.70. The first-order valence-corrected chi connectivity index (χ1v) is 10.1. The van der Waals surface area contributed by atoms with Gasteiger partial charge in [-0.2, -0.15) is 9.78 Å². The van der Waals surface area contributed by atoms with E-state index in [9.17, 15) is 9.90 Å². The highest BCUT2D eigenvalue weighted by Gasteiger charge is 2.27. The number of carbonyl (C=O) groups is 1. The Kier molecular flexibility index (Phi) is 5.15. The van der Waals surface area contributed by atoms with E-state index in [1.807, 2.05) is 18.2 Å². The number of aromatic hydroxyl groups is 1. The number of rotatable bonds is 6. The Morgan fingerprint density at radius 1 is 1.24 bits per heavy atom. The normalized spacial score (nSPS) is 12.9. The number of phenolic OH excluding ortho intramolecular Hbond substituents is 1. The highest BCUT2D eigenvalue weighted by Crippen LogP contribution is 2.30. The molecule has 33 heavy (non-hydrogen) atoms. The van der Waals surface area contributed by atoms with E-state index in [0.717, 1.165) is 18.7 Å². The number of phenols is 1. The van der Waals surface area contributed by atoms with Gasteiger partial charge in [0, 0.05) is 12.2 Å². The van der Waals surface area contributed by atoms with Gasteiger partial charge in [-0.3, -0.25) is 4.79 Å². The van der Waals surface area contributed by atoms with Crippen molar-refractivity contribution in [2.45, 2.75) is 13.0 Å². The third kappa shape index (κ3) is 3.96. The fourth-order valence-corrected chi connectivity index (χ4v) is 3.70. The molecule has 0 radical (unpaired) electrons. The average molecular weight is 445 g/mol. The van der Waals surface area contributed by atoms with Gasteiger partial charge in [0.2, 0.25) is 11.6 Å². The second-order valence-electron chi connectivity index (χ2n) is 7.36. The number of carbonyl (C=O) groups excluding carboxylic acids is 1. The minimum Gasteiger partial charge on any atom is -0.508 e. The summed E-state index contributed by atoms with van der Waals surface area (Å²) >= 11 is 0. The van der Waals surface area contributed by atoms with Crippen LogP contribution in [0.1, 0.15) is 27.3 Å².